The van der Waals surface area contributed by atoms with Crippen molar-refractivity contribution in [1.82, 2.24) is 0 Å². The Bertz CT molecular complexity index is 107. The van der Waals surface area contributed by atoms with Crippen molar-refractivity contribution in [3.05, 3.63) is 0 Å². The van der Waals surface area contributed by atoms with Crippen molar-refractivity contribution in [2.75, 3.05) is 6.61 Å². The summed E-state index contributed by atoms with van der Waals surface area (Å²) < 4.78 is 38.8. The van der Waals surface area contributed by atoms with Crippen LogP contribution in [0.1, 0.15) is 6.92 Å². The molecule has 0 fully saturated rings. The van der Waals surface area contributed by atoms with Crippen LogP contribution in [0.3, 0.4) is 0 Å². The van der Waals surface area contributed by atoms with Crippen LogP contribution in [-0.2, 0) is 4.74 Å². The van der Waals surface area contributed by atoms with Gasteiger partial charge in [-0.3, -0.25) is 0 Å². The van der Waals surface area contributed by atoms with Crippen molar-refractivity contribution in [3.63, 3.8) is 0 Å². The number of hydrogen-bond donors (Lipinski definition) is 0. The number of aliphatic imine (C=N–C) groups is 1. The van der Waals surface area contributed by atoms with Crippen molar-refractivity contribution in [2.24, 2.45) is 4.99 Å². The lowest BCUT2D eigenvalue weighted by molar-refractivity contribution is 0.0541. The van der Waals surface area contributed by atoms with Crippen molar-refractivity contribution < 1.29 is 17.9 Å². The molecule has 0 rings (SSSR count). The first-order chi connectivity index (χ1) is 4.68. The third-order valence-electron chi connectivity index (χ3n) is 0.652. The Kier molecular flexibility index (Phi) is 4.70. The first-order valence-electron chi connectivity index (χ1n) is 2.74. The van der Waals surface area contributed by atoms with Crippen LogP contribution in [0, 0.1) is 0 Å². The third kappa shape index (κ3) is 4.17. The molecule has 0 aromatic rings. The molecule has 0 spiro atoms. The van der Waals surface area contributed by atoms with Gasteiger partial charge in [0.1, 0.15) is 0 Å². The minimum Gasteiger partial charge on any atom is -0.484 e. The summed E-state index contributed by atoms with van der Waals surface area (Å²) in [4.78, 5) is 2.75. The highest BCUT2D eigenvalue weighted by Gasteiger charge is 2.16. The maximum atomic E-state index is 11.8. The summed E-state index contributed by atoms with van der Waals surface area (Å²) in [6, 6.07) is 0. The summed E-state index contributed by atoms with van der Waals surface area (Å²) in [6.07, 6.45) is -4.85. The molecule has 2 nitrogen and oxygen atoms in total. The lowest BCUT2D eigenvalue weighted by Gasteiger charge is -1.98. The summed E-state index contributed by atoms with van der Waals surface area (Å²) in [5.74, 6) is 0. The summed E-state index contributed by atoms with van der Waals surface area (Å²) >= 11 is 0. The predicted octanol–water partition coefficient (Wildman–Crippen LogP) is 1.61. The van der Waals surface area contributed by atoms with Gasteiger partial charge in [-0.05, 0) is 6.92 Å². The van der Waals surface area contributed by atoms with Crippen LogP contribution in [0.4, 0.5) is 13.2 Å². The Balaban J connectivity index is 3.45. The van der Waals surface area contributed by atoms with Gasteiger partial charge >= 0.3 is 0 Å². The average Bonchev–Trinajstić information content (AvgIpc) is 1.88. The van der Waals surface area contributed by atoms with E-state index in [2.05, 4.69) is 9.73 Å². The van der Waals surface area contributed by atoms with Crippen LogP contribution in [0.15, 0.2) is 4.99 Å². The van der Waals surface area contributed by atoms with Gasteiger partial charge in [0.25, 0.3) is 12.7 Å². The van der Waals surface area contributed by atoms with Crippen molar-refractivity contribution in [3.8, 4) is 0 Å². The summed E-state index contributed by atoms with van der Waals surface area (Å²) in [5, 5.41) is 0. The molecule has 0 aliphatic carbocycles. The number of rotatable bonds is 4. The van der Waals surface area contributed by atoms with E-state index in [0.717, 1.165) is 0 Å². The van der Waals surface area contributed by atoms with E-state index in [1.807, 2.05) is 0 Å². The summed E-state index contributed by atoms with van der Waals surface area (Å²) in [5.41, 5.74) is 0. The van der Waals surface area contributed by atoms with Gasteiger partial charge in [-0.2, -0.15) is 0 Å². The van der Waals surface area contributed by atoms with E-state index >= 15 is 0 Å². The standard InChI is InChI=1S/C5H8F3NO/c1-2-10-3-9-5(8)4(6)7/h3-5H,2H2,1H3. The Morgan fingerprint density at radius 3 is 2.50 bits per heavy atom. The van der Waals surface area contributed by atoms with Crippen molar-refractivity contribution >= 4 is 6.40 Å². The molecule has 0 amide bonds. The van der Waals surface area contributed by atoms with Gasteiger partial charge in [-0.15, -0.1) is 0 Å². The molecule has 60 valence electrons. The fourth-order valence-corrected chi connectivity index (χ4v) is 0.241. The number of alkyl halides is 3. The average molecular weight is 155 g/mol. The van der Waals surface area contributed by atoms with Gasteiger partial charge in [0.05, 0.1) is 6.61 Å². The summed E-state index contributed by atoms with van der Waals surface area (Å²) in [6.45, 7) is 1.93. The van der Waals surface area contributed by atoms with Crippen LogP contribution < -0.4 is 0 Å². The quantitative estimate of drug-likeness (QED) is 0.343. The fraction of sp³-hybridized carbons (Fsp3) is 0.800. The van der Waals surface area contributed by atoms with E-state index in [9.17, 15) is 13.2 Å². The smallest absolute Gasteiger partial charge is 0.289 e. The molecule has 10 heavy (non-hydrogen) atoms. The van der Waals surface area contributed by atoms with E-state index in [-0.39, 0.29) is 0 Å². The zero-order valence-electron chi connectivity index (χ0n) is 5.43. The first-order valence-corrected chi connectivity index (χ1v) is 2.74. The molecule has 0 radical (unpaired) electrons. The third-order valence-corrected chi connectivity index (χ3v) is 0.652. The Morgan fingerprint density at radius 1 is 1.50 bits per heavy atom. The molecule has 5 heteroatoms. The number of ether oxygens (including phenoxy) is 1. The molecule has 0 aromatic carbocycles. The normalized spacial score (nSPS) is 14.5. The van der Waals surface area contributed by atoms with Gasteiger partial charge in [0, 0.05) is 0 Å². The second-order valence-corrected chi connectivity index (χ2v) is 1.42. The molecule has 1 atom stereocenters. The van der Waals surface area contributed by atoms with E-state index < -0.39 is 12.7 Å². The second kappa shape index (κ2) is 5.08. The minimum absolute atomic E-state index is 0.291. The highest BCUT2D eigenvalue weighted by Crippen LogP contribution is 2.05. The van der Waals surface area contributed by atoms with E-state index in [0.29, 0.717) is 13.0 Å². The molecular weight excluding hydrogens is 147 g/mol. The molecule has 0 aliphatic heterocycles. The highest BCUT2D eigenvalue weighted by molar-refractivity contribution is 5.46. The molecule has 1 unspecified atom stereocenters. The Labute approximate surface area is 56.7 Å². The monoisotopic (exact) mass is 155 g/mol. The highest BCUT2D eigenvalue weighted by atomic mass is 19.3. The largest absolute Gasteiger partial charge is 0.484 e. The van der Waals surface area contributed by atoms with Crippen LogP contribution >= 0.6 is 0 Å². The molecule has 0 heterocycles. The van der Waals surface area contributed by atoms with Crippen LogP contribution in [0.5, 0.6) is 0 Å². The molecule has 0 bridgehead atoms. The molecule has 0 N–H and O–H groups in total. The van der Waals surface area contributed by atoms with Gasteiger partial charge in [0.2, 0.25) is 0 Å². The van der Waals surface area contributed by atoms with Crippen LogP contribution in [-0.4, -0.2) is 25.7 Å². The topological polar surface area (TPSA) is 21.6 Å². The number of halogens is 3. The van der Waals surface area contributed by atoms with Crippen LogP contribution in [0.2, 0.25) is 0 Å². The number of nitrogens with zero attached hydrogens (tertiary/aromatic N) is 1. The van der Waals surface area contributed by atoms with E-state index in [4.69, 9.17) is 0 Å². The molecule has 0 saturated heterocycles. The molecule has 0 saturated carbocycles. The lowest BCUT2D eigenvalue weighted by atomic mass is 10.7. The first kappa shape index (κ1) is 9.26. The van der Waals surface area contributed by atoms with Gasteiger partial charge < -0.3 is 4.74 Å². The van der Waals surface area contributed by atoms with Gasteiger partial charge in [0.15, 0.2) is 6.40 Å². The Morgan fingerprint density at radius 2 is 2.10 bits per heavy atom. The van der Waals surface area contributed by atoms with Crippen LogP contribution in [0.25, 0.3) is 0 Å². The van der Waals surface area contributed by atoms with Crippen molar-refractivity contribution in [1.29, 1.82) is 0 Å². The minimum atomic E-state index is -3.07. The summed E-state index contributed by atoms with van der Waals surface area (Å²) in [7, 11) is 0. The lowest BCUT2D eigenvalue weighted by Crippen LogP contribution is -2.08. The molecule has 0 aromatic heterocycles. The maximum absolute atomic E-state index is 11.8. The Hall–Kier alpha value is -0.740. The zero-order valence-corrected chi connectivity index (χ0v) is 5.43. The van der Waals surface area contributed by atoms with Gasteiger partial charge in [-0.1, -0.05) is 0 Å². The fourth-order valence-electron chi connectivity index (χ4n) is 0.241. The number of hydrogen-bond acceptors (Lipinski definition) is 2. The predicted molar refractivity (Wildman–Crippen MR) is 31.0 cm³/mol. The second-order valence-electron chi connectivity index (χ2n) is 1.42. The maximum Gasteiger partial charge on any atom is 0.289 e. The molecule has 0 aliphatic rings. The van der Waals surface area contributed by atoms with Gasteiger partial charge in [-0.25, -0.2) is 18.2 Å². The SMILES string of the molecule is CCOC=NC(F)C(F)F. The zero-order chi connectivity index (χ0) is 7.98. The van der Waals surface area contributed by atoms with E-state index in [1.54, 1.807) is 6.92 Å². The molecular formula is C5H8F3NO. The van der Waals surface area contributed by atoms with Crippen molar-refractivity contribution in [2.45, 2.75) is 19.6 Å². The van der Waals surface area contributed by atoms with E-state index in [1.165, 1.54) is 0 Å².